The first kappa shape index (κ1) is 22.1. The van der Waals surface area contributed by atoms with Crippen molar-refractivity contribution in [2.75, 3.05) is 6.61 Å². The van der Waals surface area contributed by atoms with E-state index in [1.165, 1.54) is 12.1 Å². The Morgan fingerprint density at radius 2 is 1.21 bits per heavy atom. The quantitative estimate of drug-likeness (QED) is 0.317. The highest BCUT2D eigenvalue weighted by Gasteiger charge is 2.04. The number of ether oxygens (including phenoxy) is 1. The molecule has 0 bridgehead atoms. The summed E-state index contributed by atoms with van der Waals surface area (Å²) in [5.41, 5.74) is 2.50. The predicted molar refractivity (Wildman–Crippen MR) is 124 cm³/mol. The van der Waals surface area contributed by atoms with Gasteiger partial charge in [0.25, 0.3) is 0 Å². The van der Waals surface area contributed by atoms with Crippen molar-refractivity contribution in [3.8, 4) is 29.4 Å². The van der Waals surface area contributed by atoms with Gasteiger partial charge >= 0.3 is 0 Å². The molecule has 0 unspecified atom stereocenters. The minimum Gasteiger partial charge on any atom is -0.494 e. The van der Waals surface area contributed by atoms with Gasteiger partial charge in [-0.2, -0.15) is 0 Å². The number of halogens is 3. The predicted octanol–water partition coefficient (Wildman–Crippen LogP) is 6.85. The zero-order valence-corrected chi connectivity index (χ0v) is 17.9. The first-order valence-corrected chi connectivity index (χ1v) is 10.5. The molecule has 0 aromatic heterocycles. The van der Waals surface area contributed by atoms with E-state index in [9.17, 15) is 13.2 Å². The molecule has 4 aromatic rings. The molecule has 0 heterocycles. The summed E-state index contributed by atoms with van der Waals surface area (Å²) in [6.07, 6.45) is 0.854. The fourth-order valence-corrected chi connectivity index (χ4v) is 3.15. The second-order valence-electron chi connectivity index (χ2n) is 7.40. The molecule has 0 amide bonds. The topological polar surface area (TPSA) is 9.23 Å². The summed E-state index contributed by atoms with van der Waals surface area (Å²) in [5.74, 6) is 10.2. The highest BCUT2D eigenvalue weighted by molar-refractivity contribution is 5.84. The maximum atomic E-state index is 14.2. The molecule has 0 N–H and O–H groups in total. The largest absolute Gasteiger partial charge is 0.494 e. The fraction of sp³-hybridized carbons (Fsp3) is 0.103. The molecular formula is C29H19F3O. The van der Waals surface area contributed by atoms with E-state index in [0.29, 0.717) is 34.3 Å². The third kappa shape index (κ3) is 5.56. The van der Waals surface area contributed by atoms with Gasteiger partial charge in [-0.05, 0) is 77.9 Å². The van der Waals surface area contributed by atoms with E-state index in [-0.39, 0.29) is 0 Å². The second-order valence-corrected chi connectivity index (χ2v) is 7.40. The lowest BCUT2D eigenvalue weighted by molar-refractivity contribution is 0.315. The summed E-state index contributed by atoms with van der Waals surface area (Å²) in [6.45, 7) is 2.53. The van der Waals surface area contributed by atoms with Crippen LogP contribution in [0.5, 0.6) is 5.75 Å². The zero-order chi connectivity index (χ0) is 23.2. The van der Waals surface area contributed by atoms with E-state index in [1.807, 2.05) is 31.2 Å². The van der Waals surface area contributed by atoms with Crippen molar-refractivity contribution in [1.29, 1.82) is 0 Å². The van der Waals surface area contributed by atoms with Crippen LogP contribution in [0.4, 0.5) is 13.2 Å². The minimum atomic E-state index is -0.884. The SMILES string of the molecule is CCCOc1ccc(C#Cc2ccc(C#Cc3ccc4cc(F)c(F)cc4c3)cc2)c(F)c1. The van der Waals surface area contributed by atoms with Crippen molar-refractivity contribution < 1.29 is 17.9 Å². The molecule has 0 aliphatic heterocycles. The molecule has 4 heteroatoms. The van der Waals surface area contributed by atoms with Gasteiger partial charge in [0.2, 0.25) is 0 Å². The van der Waals surface area contributed by atoms with Crippen molar-refractivity contribution in [1.82, 2.24) is 0 Å². The lowest BCUT2D eigenvalue weighted by Gasteiger charge is -2.04. The number of rotatable bonds is 3. The van der Waals surface area contributed by atoms with Crippen molar-refractivity contribution >= 4 is 10.8 Å². The van der Waals surface area contributed by atoms with Gasteiger partial charge in [0, 0.05) is 22.8 Å². The minimum absolute atomic E-state index is 0.301. The lowest BCUT2D eigenvalue weighted by atomic mass is 10.1. The first-order chi connectivity index (χ1) is 16.0. The number of fused-ring (bicyclic) bond motifs is 1. The summed E-state index contributed by atoms with van der Waals surface area (Å²) in [7, 11) is 0. The Morgan fingerprint density at radius 3 is 1.88 bits per heavy atom. The molecule has 1 nitrogen and oxygen atoms in total. The average molecular weight is 440 g/mol. The van der Waals surface area contributed by atoms with E-state index < -0.39 is 17.5 Å². The molecule has 4 rings (SSSR count). The average Bonchev–Trinajstić information content (AvgIpc) is 2.82. The van der Waals surface area contributed by atoms with E-state index in [1.54, 1.807) is 30.3 Å². The standard InChI is InChI=1S/C29H19F3O/c1-2-15-33-26-14-13-23(27(30)19-26)11-9-21-5-3-20(4-6-21)7-8-22-10-12-24-17-28(31)29(32)18-25(24)16-22/h3-6,10,12-14,16-19H,2,15H2,1H3. The van der Waals surface area contributed by atoms with Gasteiger partial charge in [-0.3, -0.25) is 0 Å². The monoisotopic (exact) mass is 440 g/mol. The Hall–Kier alpha value is -4.15. The zero-order valence-electron chi connectivity index (χ0n) is 17.9. The highest BCUT2D eigenvalue weighted by atomic mass is 19.2. The van der Waals surface area contributed by atoms with Gasteiger partial charge in [0.05, 0.1) is 12.2 Å². The Morgan fingerprint density at radius 1 is 0.606 bits per heavy atom. The van der Waals surface area contributed by atoms with Crippen molar-refractivity contribution in [3.63, 3.8) is 0 Å². The fourth-order valence-electron chi connectivity index (χ4n) is 3.15. The Labute approximate surface area is 190 Å². The van der Waals surface area contributed by atoms with Crippen molar-refractivity contribution in [2.24, 2.45) is 0 Å². The molecule has 33 heavy (non-hydrogen) atoms. The summed E-state index contributed by atoms with van der Waals surface area (Å²) in [4.78, 5) is 0. The molecular weight excluding hydrogens is 421 g/mol. The van der Waals surface area contributed by atoms with Crippen LogP contribution < -0.4 is 4.74 Å². The molecule has 0 spiro atoms. The lowest BCUT2D eigenvalue weighted by Crippen LogP contribution is -1.96. The number of hydrogen-bond acceptors (Lipinski definition) is 1. The van der Waals surface area contributed by atoms with Crippen LogP contribution in [0.3, 0.4) is 0 Å². The molecule has 0 saturated heterocycles. The van der Waals surface area contributed by atoms with Crippen molar-refractivity contribution in [2.45, 2.75) is 13.3 Å². The number of hydrogen-bond donors (Lipinski definition) is 0. The molecule has 162 valence electrons. The molecule has 0 atom stereocenters. The first-order valence-electron chi connectivity index (χ1n) is 10.5. The third-order valence-corrected chi connectivity index (χ3v) is 4.87. The maximum Gasteiger partial charge on any atom is 0.159 e. The molecule has 0 fully saturated rings. The van der Waals surface area contributed by atoms with Crippen LogP contribution in [0.15, 0.2) is 72.8 Å². The van der Waals surface area contributed by atoms with Crippen LogP contribution in [-0.4, -0.2) is 6.61 Å². The summed E-state index contributed by atoms with van der Waals surface area (Å²) < 4.78 is 46.4. The van der Waals surface area contributed by atoms with Gasteiger partial charge in [-0.25, -0.2) is 13.2 Å². The maximum absolute atomic E-state index is 14.2. The van der Waals surface area contributed by atoms with Crippen LogP contribution in [0, 0.1) is 41.1 Å². The van der Waals surface area contributed by atoms with E-state index in [4.69, 9.17) is 4.74 Å². The Balaban J connectivity index is 1.48. The second kappa shape index (κ2) is 9.98. The van der Waals surface area contributed by atoms with E-state index in [2.05, 4.69) is 23.7 Å². The van der Waals surface area contributed by atoms with Gasteiger partial charge < -0.3 is 4.74 Å². The Kier molecular flexibility index (Phi) is 6.67. The molecule has 4 aromatic carbocycles. The Bertz CT molecular complexity index is 1430. The van der Waals surface area contributed by atoms with Crippen LogP contribution in [0.1, 0.15) is 35.6 Å². The van der Waals surface area contributed by atoms with Crippen LogP contribution in [0.25, 0.3) is 10.8 Å². The van der Waals surface area contributed by atoms with Gasteiger partial charge in [0.1, 0.15) is 11.6 Å². The van der Waals surface area contributed by atoms with Crippen LogP contribution >= 0.6 is 0 Å². The summed E-state index contributed by atoms with van der Waals surface area (Å²) in [6, 6.07) is 19.5. The van der Waals surface area contributed by atoms with E-state index in [0.717, 1.165) is 23.6 Å². The van der Waals surface area contributed by atoms with Gasteiger partial charge in [-0.15, -0.1) is 0 Å². The van der Waals surface area contributed by atoms with Crippen LogP contribution in [0.2, 0.25) is 0 Å². The third-order valence-electron chi connectivity index (χ3n) is 4.87. The number of benzene rings is 4. The summed E-state index contributed by atoms with van der Waals surface area (Å²) in [5, 5.41) is 1.20. The normalized spacial score (nSPS) is 10.2. The molecule has 0 aliphatic rings. The van der Waals surface area contributed by atoms with Crippen molar-refractivity contribution in [3.05, 3.63) is 113 Å². The van der Waals surface area contributed by atoms with Gasteiger partial charge in [-0.1, -0.05) is 36.7 Å². The molecule has 0 saturated carbocycles. The van der Waals surface area contributed by atoms with Gasteiger partial charge in [0.15, 0.2) is 11.6 Å². The molecule has 0 radical (unpaired) electrons. The van der Waals surface area contributed by atoms with Crippen LogP contribution in [-0.2, 0) is 0 Å². The summed E-state index contributed by atoms with van der Waals surface area (Å²) >= 11 is 0. The molecule has 0 aliphatic carbocycles. The van der Waals surface area contributed by atoms with E-state index >= 15 is 0 Å². The highest BCUT2D eigenvalue weighted by Crippen LogP contribution is 2.20. The smallest absolute Gasteiger partial charge is 0.159 e.